The molecule has 1 fully saturated rings. The number of nitrogens with two attached hydrogens (primary N) is 1. The molecule has 0 amide bonds. The van der Waals surface area contributed by atoms with Gasteiger partial charge in [0.15, 0.2) is 0 Å². The van der Waals surface area contributed by atoms with Crippen molar-refractivity contribution in [1.82, 2.24) is 15.0 Å². The van der Waals surface area contributed by atoms with Crippen LogP contribution in [-0.2, 0) is 9.84 Å². The van der Waals surface area contributed by atoms with Gasteiger partial charge in [0.1, 0.15) is 17.3 Å². The molecule has 2 aromatic carbocycles. The average molecular weight is 457 g/mol. The van der Waals surface area contributed by atoms with Crippen LogP contribution in [0.2, 0.25) is 0 Å². The Morgan fingerprint density at radius 1 is 1.16 bits per heavy atom. The molecule has 4 N–H and O–H groups in total. The van der Waals surface area contributed by atoms with Gasteiger partial charge in [0.2, 0.25) is 9.84 Å². The van der Waals surface area contributed by atoms with Crippen LogP contribution in [0.3, 0.4) is 0 Å². The topological polar surface area (TPSA) is 117 Å². The van der Waals surface area contributed by atoms with E-state index >= 15 is 0 Å². The van der Waals surface area contributed by atoms with Gasteiger partial charge in [-0.1, -0.05) is 36.4 Å². The average Bonchev–Trinajstić information content (AvgIpc) is 3.37. The molecule has 0 aliphatic carbocycles. The number of rotatable bonds is 3. The van der Waals surface area contributed by atoms with E-state index < -0.39 is 15.7 Å². The highest BCUT2D eigenvalue weighted by Gasteiger charge is 2.27. The number of hydrogen-bond acceptors (Lipinski definition) is 7. The maximum absolute atomic E-state index is 14.1. The second kappa shape index (κ2) is 8.71. The lowest BCUT2D eigenvalue weighted by molar-refractivity contribution is 0.593. The smallest absolute Gasteiger partial charge is 0.250 e. The summed E-state index contributed by atoms with van der Waals surface area (Å²) in [7, 11) is -1.92. The Hall–Kier alpha value is -3.24. The number of sulfone groups is 1. The molecule has 168 valence electrons. The monoisotopic (exact) mass is 456 g/mol. The summed E-state index contributed by atoms with van der Waals surface area (Å²) in [6.07, 6.45) is 1.84. The van der Waals surface area contributed by atoms with Crippen LogP contribution < -0.4 is 16.0 Å². The maximum Gasteiger partial charge on any atom is 0.250 e. The van der Waals surface area contributed by atoms with Crippen LogP contribution in [0.5, 0.6) is 0 Å². The molecule has 0 saturated carbocycles. The summed E-state index contributed by atoms with van der Waals surface area (Å²) in [4.78, 5) is 13.5. The molecule has 10 heteroatoms. The van der Waals surface area contributed by atoms with Crippen molar-refractivity contribution in [2.45, 2.75) is 17.6 Å². The van der Waals surface area contributed by atoms with Crippen LogP contribution in [0.4, 0.5) is 15.9 Å². The molecule has 32 heavy (non-hydrogen) atoms. The number of fused-ring (bicyclic) bond motifs is 3. The van der Waals surface area contributed by atoms with Gasteiger partial charge in [-0.2, -0.15) is 4.98 Å². The van der Waals surface area contributed by atoms with E-state index in [4.69, 9.17) is 5.73 Å². The van der Waals surface area contributed by atoms with Crippen LogP contribution in [0.1, 0.15) is 6.42 Å². The molecule has 1 aliphatic heterocycles. The molecule has 4 aromatic rings. The molecule has 1 saturated heterocycles. The SMILES string of the molecule is CNc1cc(F)cc2c1[nH]c1nc(S(C)(=O)=O)nc(N3CCC(N)C3)c12.c1ccccc1. The van der Waals surface area contributed by atoms with Gasteiger partial charge in [0, 0.05) is 37.8 Å². The molecule has 1 atom stereocenters. The van der Waals surface area contributed by atoms with E-state index in [1.165, 1.54) is 12.1 Å². The number of benzene rings is 2. The van der Waals surface area contributed by atoms with Gasteiger partial charge >= 0.3 is 0 Å². The molecule has 0 bridgehead atoms. The van der Waals surface area contributed by atoms with Crippen LogP contribution in [0, 0.1) is 5.82 Å². The van der Waals surface area contributed by atoms with Gasteiger partial charge in [-0.15, -0.1) is 0 Å². The zero-order valence-electron chi connectivity index (χ0n) is 17.8. The zero-order chi connectivity index (χ0) is 22.9. The Bertz CT molecular complexity index is 1330. The summed E-state index contributed by atoms with van der Waals surface area (Å²) in [5.41, 5.74) is 7.57. The molecular weight excluding hydrogens is 431 g/mol. The van der Waals surface area contributed by atoms with Crippen LogP contribution in [0.25, 0.3) is 21.9 Å². The number of hydrogen-bond donors (Lipinski definition) is 3. The maximum atomic E-state index is 14.1. The van der Waals surface area contributed by atoms with E-state index in [-0.39, 0.29) is 11.2 Å². The van der Waals surface area contributed by atoms with Crippen molar-refractivity contribution in [2.24, 2.45) is 5.73 Å². The van der Waals surface area contributed by atoms with E-state index in [1.807, 2.05) is 41.3 Å². The number of nitrogens with zero attached hydrogens (tertiary/aromatic N) is 3. The predicted octanol–water partition coefficient (Wildman–Crippen LogP) is 2.92. The third-order valence-corrected chi connectivity index (χ3v) is 6.12. The normalized spacial score (nSPS) is 16.2. The second-order valence-corrected chi connectivity index (χ2v) is 9.64. The molecular formula is C22H25FN6O2S. The van der Waals surface area contributed by atoms with Crippen LogP contribution >= 0.6 is 0 Å². The quantitative estimate of drug-likeness (QED) is 0.406. The number of halogens is 1. The molecule has 3 heterocycles. The highest BCUT2D eigenvalue weighted by Crippen LogP contribution is 2.36. The zero-order valence-corrected chi connectivity index (χ0v) is 18.7. The van der Waals surface area contributed by atoms with E-state index in [1.54, 1.807) is 7.05 Å². The van der Waals surface area contributed by atoms with Crippen molar-refractivity contribution in [1.29, 1.82) is 0 Å². The first-order chi connectivity index (χ1) is 15.3. The molecule has 0 spiro atoms. The molecule has 2 aromatic heterocycles. The Kier molecular flexibility index (Phi) is 5.98. The minimum Gasteiger partial charge on any atom is -0.386 e. The number of anilines is 2. The Labute approximate surface area is 185 Å². The summed E-state index contributed by atoms with van der Waals surface area (Å²) in [6.45, 7) is 1.20. The van der Waals surface area contributed by atoms with E-state index in [2.05, 4.69) is 20.3 Å². The van der Waals surface area contributed by atoms with Gasteiger partial charge in [0.05, 0.1) is 16.6 Å². The molecule has 5 rings (SSSR count). The van der Waals surface area contributed by atoms with Crippen LogP contribution in [-0.4, -0.2) is 55.8 Å². The van der Waals surface area contributed by atoms with Crippen molar-refractivity contribution in [3.8, 4) is 0 Å². The number of nitrogens with one attached hydrogen (secondary N) is 2. The first kappa shape index (κ1) is 22.0. The fraction of sp³-hybridized carbons (Fsp3) is 0.273. The van der Waals surface area contributed by atoms with Gasteiger partial charge in [-0.25, -0.2) is 17.8 Å². The minimum absolute atomic E-state index is 0.0171. The predicted molar refractivity (Wildman–Crippen MR) is 125 cm³/mol. The van der Waals surface area contributed by atoms with Crippen molar-refractivity contribution >= 4 is 43.3 Å². The van der Waals surface area contributed by atoms with Gasteiger partial charge < -0.3 is 20.9 Å². The number of aromatic amines is 1. The first-order valence-electron chi connectivity index (χ1n) is 10.2. The van der Waals surface area contributed by atoms with Crippen molar-refractivity contribution < 1.29 is 12.8 Å². The van der Waals surface area contributed by atoms with Gasteiger partial charge in [0.25, 0.3) is 5.16 Å². The van der Waals surface area contributed by atoms with E-state index in [0.717, 1.165) is 12.7 Å². The fourth-order valence-electron chi connectivity index (χ4n) is 3.78. The molecule has 8 nitrogen and oxygen atoms in total. The van der Waals surface area contributed by atoms with E-state index in [9.17, 15) is 12.8 Å². The molecule has 1 aliphatic rings. The van der Waals surface area contributed by atoms with Crippen molar-refractivity contribution in [2.75, 3.05) is 36.6 Å². The summed E-state index contributed by atoms with van der Waals surface area (Å²) in [5, 5.41) is 3.87. The lowest BCUT2D eigenvalue weighted by Crippen LogP contribution is -2.27. The lowest BCUT2D eigenvalue weighted by atomic mass is 10.1. The largest absolute Gasteiger partial charge is 0.386 e. The Morgan fingerprint density at radius 2 is 1.81 bits per heavy atom. The molecule has 1 unspecified atom stereocenters. The third-order valence-electron chi connectivity index (χ3n) is 5.28. The number of H-pyrrole nitrogens is 1. The fourth-order valence-corrected chi connectivity index (χ4v) is 4.29. The summed E-state index contributed by atoms with van der Waals surface area (Å²) < 4.78 is 38.2. The third kappa shape index (κ3) is 4.37. The number of aromatic nitrogens is 3. The van der Waals surface area contributed by atoms with Crippen LogP contribution in [0.15, 0.2) is 53.7 Å². The van der Waals surface area contributed by atoms with E-state index in [0.29, 0.717) is 46.5 Å². The highest BCUT2D eigenvalue weighted by molar-refractivity contribution is 7.90. The van der Waals surface area contributed by atoms with Gasteiger partial charge in [-0.05, 0) is 18.6 Å². The van der Waals surface area contributed by atoms with Crippen molar-refractivity contribution in [3.05, 3.63) is 54.3 Å². The minimum atomic E-state index is -3.61. The standard InChI is InChI=1S/C16H19FN6O2S.C6H6/c1-19-11-6-8(17)5-10-12-14(20-13(10)11)21-16(26(2,24)25)22-15(12)23-4-3-9(18)7-23;1-2-4-6-5-3-1/h5-6,9,19H,3-4,7,18H2,1-2H3,(H,20,21,22);1-6H. The highest BCUT2D eigenvalue weighted by atomic mass is 32.2. The lowest BCUT2D eigenvalue weighted by Gasteiger charge is -2.18. The Balaban J connectivity index is 0.000000354. The molecule has 0 radical (unpaired) electrons. The first-order valence-corrected chi connectivity index (χ1v) is 12.1. The summed E-state index contributed by atoms with van der Waals surface area (Å²) in [6, 6.07) is 14.8. The van der Waals surface area contributed by atoms with Gasteiger partial charge in [-0.3, -0.25) is 0 Å². The van der Waals surface area contributed by atoms with Crippen molar-refractivity contribution in [3.63, 3.8) is 0 Å². The second-order valence-electron chi connectivity index (χ2n) is 7.73. The summed E-state index contributed by atoms with van der Waals surface area (Å²) in [5.74, 6) is 0.0568. The summed E-state index contributed by atoms with van der Waals surface area (Å²) >= 11 is 0. The Morgan fingerprint density at radius 3 is 2.34 bits per heavy atom.